The number of aromatic hydroxyl groups is 1. The summed E-state index contributed by atoms with van der Waals surface area (Å²) in [6.07, 6.45) is -7.13. The summed E-state index contributed by atoms with van der Waals surface area (Å²) < 4.78 is 37.5. The van der Waals surface area contributed by atoms with E-state index in [1.54, 1.807) is 0 Å². The van der Waals surface area contributed by atoms with Gasteiger partial charge in [0, 0.05) is 24.7 Å². The summed E-state index contributed by atoms with van der Waals surface area (Å²) in [6, 6.07) is 3.12. The van der Waals surface area contributed by atoms with Crippen LogP contribution in [-0.2, 0) is 0 Å². The Labute approximate surface area is 134 Å². The second-order valence-electron chi connectivity index (χ2n) is 5.58. The van der Waals surface area contributed by atoms with Gasteiger partial charge in [-0.1, -0.05) is 0 Å². The average Bonchev–Trinajstić information content (AvgIpc) is 2.52. The van der Waals surface area contributed by atoms with E-state index in [1.165, 1.54) is 11.0 Å². The minimum atomic E-state index is -4.69. The molecule has 7 nitrogen and oxygen atoms in total. The third kappa shape index (κ3) is 3.75. The van der Waals surface area contributed by atoms with Gasteiger partial charge in [0.2, 0.25) is 0 Å². The highest BCUT2D eigenvalue weighted by Gasteiger charge is 2.44. The summed E-state index contributed by atoms with van der Waals surface area (Å²) in [5, 5.41) is 29.4. The molecule has 1 aliphatic rings. The number of aliphatic hydroxyl groups is 1. The van der Waals surface area contributed by atoms with Crippen LogP contribution in [0.5, 0.6) is 5.75 Å². The lowest BCUT2D eigenvalue weighted by Gasteiger charge is -2.34. The minimum Gasteiger partial charge on any atom is -0.502 e. The van der Waals surface area contributed by atoms with Crippen LogP contribution in [0, 0.1) is 16.0 Å². The Morgan fingerprint density at radius 1 is 1.33 bits per heavy atom. The first-order valence-electron chi connectivity index (χ1n) is 7.12. The highest BCUT2D eigenvalue weighted by molar-refractivity contribution is 5.95. The molecule has 1 aliphatic heterocycles. The molecule has 24 heavy (non-hydrogen) atoms. The number of rotatable bonds is 3. The number of carbonyl (C=O) groups excluding carboxylic acids is 1. The van der Waals surface area contributed by atoms with Gasteiger partial charge in [0.15, 0.2) is 11.9 Å². The number of alkyl halides is 3. The maximum Gasteiger partial charge on any atom is 0.414 e. The van der Waals surface area contributed by atoms with Crippen LogP contribution in [-0.4, -0.2) is 51.3 Å². The van der Waals surface area contributed by atoms with Crippen molar-refractivity contribution in [2.75, 3.05) is 13.1 Å². The quantitative estimate of drug-likeness (QED) is 0.643. The molecule has 132 valence electrons. The number of phenolic OH excluding ortho intramolecular Hbond substituents is 1. The number of likely N-dealkylation sites (tertiary alicyclic amines) is 1. The van der Waals surface area contributed by atoms with Gasteiger partial charge in [-0.25, -0.2) is 0 Å². The highest BCUT2D eigenvalue weighted by atomic mass is 19.4. The van der Waals surface area contributed by atoms with Crippen LogP contribution in [0.2, 0.25) is 0 Å². The molecule has 1 saturated heterocycles. The number of piperidine rings is 1. The molecule has 1 unspecified atom stereocenters. The number of phenols is 1. The molecule has 1 amide bonds. The largest absolute Gasteiger partial charge is 0.502 e. The Kier molecular flexibility index (Phi) is 4.97. The van der Waals surface area contributed by atoms with E-state index in [0.717, 1.165) is 12.1 Å². The van der Waals surface area contributed by atoms with Crippen molar-refractivity contribution in [3.63, 3.8) is 0 Å². The van der Waals surface area contributed by atoms with Crippen LogP contribution >= 0.6 is 0 Å². The smallest absolute Gasteiger partial charge is 0.414 e. The van der Waals surface area contributed by atoms with E-state index in [0.29, 0.717) is 0 Å². The van der Waals surface area contributed by atoms with Crippen molar-refractivity contribution in [1.29, 1.82) is 0 Å². The van der Waals surface area contributed by atoms with Crippen LogP contribution < -0.4 is 0 Å². The summed E-state index contributed by atoms with van der Waals surface area (Å²) in [5.41, 5.74) is -0.536. The van der Waals surface area contributed by atoms with Crippen molar-refractivity contribution in [3.8, 4) is 5.75 Å². The monoisotopic (exact) mass is 348 g/mol. The Morgan fingerprint density at radius 2 is 1.92 bits per heavy atom. The van der Waals surface area contributed by atoms with E-state index >= 15 is 0 Å². The lowest BCUT2D eigenvalue weighted by Crippen LogP contribution is -2.45. The van der Waals surface area contributed by atoms with E-state index in [4.69, 9.17) is 0 Å². The Bertz CT molecular complexity index is 642. The number of benzene rings is 1. The Hall–Kier alpha value is -2.36. The van der Waals surface area contributed by atoms with Crippen molar-refractivity contribution in [2.24, 2.45) is 5.92 Å². The molecule has 1 fully saturated rings. The van der Waals surface area contributed by atoms with E-state index in [1.807, 2.05) is 0 Å². The fourth-order valence-electron chi connectivity index (χ4n) is 2.68. The molecule has 0 aliphatic carbocycles. The molecular weight excluding hydrogens is 333 g/mol. The second kappa shape index (κ2) is 6.63. The molecule has 2 rings (SSSR count). The van der Waals surface area contributed by atoms with Crippen LogP contribution in [0.25, 0.3) is 0 Å². The SMILES string of the molecule is O=C(c1ccc([N+](=O)[O-])c(O)c1)N1CCC(C(O)C(F)(F)F)CC1. The van der Waals surface area contributed by atoms with Crippen molar-refractivity contribution < 1.29 is 33.1 Å². The van der Waals surface area contributed by atoms with Crippen LogP contribution in [0.4, 0.5) is 18.9 Å². The summed E-state index contributed by atoms with van der Waals surface area (Å²) in [4.78, 5) is 23.4. The summed E-state index contributed by atoms with van der Waals surface area (Å²) in [6.45, 7) is 0.0444. The zero-order valence-electron chi connectivity index (χ0n) is 12.4. The average molecular weight is 348 g/mol. The molecule has 0 bridgehead atoms. The van der Waals surface area contributed by atoms with E-state index in [9.17, 15) is 38.3 Å². The lowest BCUT2D eigenvalue weighted by atomic mass is 9.90. The Morgan fingerprint density at radius 3 is 2.38 bits per heavy atom. The summed E-state index contributed by atoms with van der Waals surface area (Å²) >= 11 is 0. The lowest BCUT2D eigenvalue weighted by molar-refractivity contribution is -0.385. The number of aliphatic hydroxyl groups excluding tert-OH is 1. The zero-order valence-corrected chi connectivity index (χ0v) is 12.4. The maximum absolute atomic E-state index is 12.5. The molecule has 1 atom stereocenters. The molecule has 10 heteroatoms. The van der Waals surface area contributed by atoms with Gasteiger partial charge in [0.05, 0.1) is 4.92 Å². The normalized spacial score (nSPS) is 17.6. The molecular formula is C14H15F3N2O5. The number of halogens is 3. The second-order valence-corrected chi connectivity index (χ2v) is 5.58. The standard InChI is InChI=1S/C14H15F3N2O5/c15-14(16,17)12(21)8-3-5-18(6-4-8)13(22)9-1-2-10(19(23)24)11(20)7-9/h1-2,7-8,12,20-21H,3-6H2. The van der Waals surface area contributed by atoms with Crippen LogP contribution in [0.1, 0.15) is 23.2 Å². The molecule has 0 aromatic heterocycles. The van der Waals surface area contributed by atoms with E-state index < -0.39 is 40.5 Å². The van der Waals surface area contributed by atoms with E-state index in [-0.39, 0.29) is 31.5 Å². The molecule has 0 radical (unpaired) electrons. The number of nitro benzene ring substituents is 1. The summed E-state index contributed by atoms with van der Waals surface area (Å²) in [7, 11) is 0. The molecule has 1 aromatic carbocycles. The zero-order chi connectivity index (χ0) is 18.1. The third-order valence-corrected chi connectivity index (χ3v) is 4.03. The number of nitrogens with zero attached hydrogens (tertiary/aromatic N) is 2. The first kappa shape index (κ1) is 18.0. The van der Waals surface area contributed by atoms with Gasteiger partial charge in [-0.15, -0.1) is 0 Å². The molecule has 0 saturated carbocycles. The molecule has 2 N–H and O–H groups in total. The predicted octanol–water partition coefficient (Wildman–Crippen LogP) is 2.08. The van der Waals surface area contributed by atoms with Crippen molar-refractivity contribution in [3.05, 3.63) is 33.9 Å². The van der Waals surface area contributed by atoms with Gasteiger partial charge >= 0.3 is 11.9 Å². The predicted molar refractivity (Wildman–Crippen MR) is 75.5 cm³/mol. The fourth-order valence-corrected chi connectivity index (χ4v) is 2.68. The summed E-state index contributed by atoms with van der Waals surface area (Å²) in [5.74, 6) is -2.17. The van der Waals surface area contributed by atoms with Gasteiger partial charge in [-0.2, -0.15) is 13.2 Å². The van der Waals surface area contributed by atoms with Gasteiger partial charge in [0.1, 0.15) is 0 Å². The number of hydrogen-bond donors (Lipinski definition) is 2. The molecule has 1 aromatic rings. The third-order valence-electron chi connectivity index (χ3n) is 4.03. The van der Waals surface area contributed by atoms with Crippen LogP contribution in [0.15, 0.2) is 18.2 Å². The van der Waals surface area contributed by atoms with E-state index in [2.05, 4.69) is 0 Å². The van der Waals surface area contributed by atoms with Crippen molar-refractivity contribution in [2.45, 2.75) is 25.1 Å². The van der Waals surface area contributed by atoms with Gasteiger partial charge in [-0.3, -0.25) is 14.9 Å². The number of amides is 1. The number of nitro groups is 1. The molecule has 0 spiro atoms. The van der Waals surface area contributed by atoms with Crippen molar-refractivity contribution in [1.82, 2.24) is 4.90 Å². The number of hydrogen-bond acceptors (Lipinski definition) is 5. The first-order valence-corrected chi connectivity index (χ1v) is 7.12. The van der Waals surface area contributed by atoms with Crippen molar-refractivity contribution >= 4 is 11.6 Å². The van der Waals surface area contributed by atoms with Gasteiger partial charge in [0.25, 0.3) is 5.91 Å². The van der Waals surface area contributed by atoms with Gasteiger partial charge in [-0.05, 0) is 30.9 Å². The Balaban J connectivity index is 2.03. The maximum atomic E-state index is 12.5. The topological polar surface area (TPSA) is 104 Å². The van der Waals surface area contributed by atoms with Crippen LogP contribution in [0.3, 0.4) is 0 Å². The minimum absolute atomic E-state index is 0.00733. The fraction of sp³-hybridized carbons (Fsp3) is 0.500. The highest BCUT2D eigenvalue weighted by Crippen LogP contribution is 2.32. The first-order chi connectivity index (χ1) is 11.1. The number of carbonyl (C=O) groups is 1. The van der Waals surface area contributed by atoms with Gasteiger partial charge < -0.3 is 15.1 Å². The molecule has 1 heterocycles.